The average Bonchev–Trinajstić information content (AvgIpc) is 3.08. The number of aromatic nitrogens is 3. The number of methoxy groups -OCH3 is 2. The summed E-state index contributed by atoms with van der Waals surface area (Å²) in [5.74, 6) is 1.81. The first kappa shape index (κ1) is 14.6. The third-order valence-electron chi connectivity index (χ3n) is 3.74. The number of rotatable bonds is 4. The second-order valence-corrected chi connectivity index (χ2v) is 5.30. The number of pyridine rings is 1. The molecule has 22 heavy (non-hydrogen) atoms. The SMILES string of the molecule is COc1ccc(-c2cc(C)nc(N3CCCC3)n2)c(OC)n1. The van der Waals surface area contributed by atoms with Gasteiger partial charge in [0.25, 0.3) is 0 Å². The zero-order valence-electron chi connectivity index (χ0n) is 13.2. The highest BCUT2D eigenvalue weighted by Gasteiger charge is 2.18. The van der Waals surface area contributed by atoms with Gasteiger partial charge < -0.3 is 14.4 Å². The minimum absolute atomic E-state index is 0.504. The first-order chi connectivity index (χ1) is 10.7. The molecule has 0 aliphatic carbocycles. The summed E-state index contributed by atoms with van der Waals surface area (Å²) in [5, 5.41) is 0. The molecule has 0 N–H and O–H groups in total. The molecule has 1 fully saturated rings. The Balaban J connectivity index is 2.04. The van der Waals surface area contributed by atoms with Gasteiger partial charge in [-0.25, -0.2) is 9.97 Å². The van der Waals surface area contributed by atoms with Crippen molar-refractivity contribution in [3.63, 3.8) is 0 Å². The van der Waals surface area contributed by atoms with E-state index in [9.17, 15) is 0 Å². The summed E-state index contributed by atoms with van der Waals surface area (Å²) in [6, 6.07) is 5.68. The van der Waals surface area contributed by atoms with Crippen molar-refractivity contribution >= 4 is 5.95 Å². The molecule has 0 saturated carbocycles. The molecule has 1 saturated heterocycles. The molecule has 0 unspecified atom stereocenters. The predicted molar refractivity (Wildman–Crippen MR) is 84.6 cm³/mol. The van der Waals surface area contributed by atoms with Gasteiger partial charge in [-0.3, -0.25) is 0 Å². The third-order valence-corrected chi connectivity index (χ3v) is 3.74. The van der Waals surface area contributed by atoms with Gasteiger partial charge in [-0.05, 0) is 31.9 Å². The molecule has 2 aromatic rings. The standard InChI is InChI=1S/C16H20N4O2/c1-11-10-13(18-16(17-11)20-8-4-5-9-20)12-6-7-14(21-2)19-15(12)22-3/h6-7,10H,4-5,8-9H2,1-3H3. The van der Waals surface area contributed by atoms with Crippen LogP contribution in [0.1, 0.15) is 18.5 Å². The fourth-order valence-electron chi connectivity index (χ4n) is 2.64. The van der Waals surface area contributed by atoms with Crippen LogP contribution in [-0.2, 0) is 0 Å². The Morgan fingerprint density at radius 1 is 1.00 bits per heavy atom. The molecule has 0 bridgehead atoms. The lowest BCUT2D eigenvalue weighted by Crippen LogP contribution is -2.21. The van der Waals surface area contributed by atoms with Crippen LogP contribution in [0.5, 0.6) is 11.8 Å². The molecule has 1 aliphatic rings. The van der Waals surface area contributed by atoms with Crippen molar-refractivity contribution in [1.82, 2.24) is 15.0 Å². The van der Waals surface area contributed by atoms with Crippen molar-refractivity contribution in [2.75, 3.05) is 32.2 Å². The first-order valence-electron chi connectivity index (χ1n) is 7.41. The number of aryl methyl sites for hydroxylation is 1. The summed E-state index contributed by atoms with van der Waals surface area (Å²) in [6.07, 6.45) is 2.39. The summed E-state index contributed by atoms with van der Waals surface area (Å²) in [7, 11) is 3.18. The lowest BCUT2D eigenvalue weighted by Gasteiger charge is -2.17. The van der Waals surface area contributed by atoms with E-state index >= 15 is 0 Å². The minimum Gasteiger partial charge on any atom is -0.481 e. The van der Waals surface area contributed by atoms with E-state index in [-0.39, 0.29) is 0 Å². The van der Waals surface area contributed by atoms with E-state index in [0.717, 1.165) is 36.0 Å². The molecular formula is C16H20N4O2. The van der Waals surface area contributed by atoms with E-state index in [1.165, 1.54) is 12.8 Å². The van der Waals surface area contributed by atoms with Crippen LogP contribution in [0, 0.1) is 6.92 Å². The van der Waals surface area contributed by atoms with Crippen LogP contribution in [-0.4, -0.2) is 42.3 Å². The molecule has 0 atom stereocenters. The molecule has 0 spiro atoms. The predicted octanol–water partition coefficient (Wildman–Crippen LogP) is 2.46. The number of ether oxygens (including phenoxy) is 2. The normalized spacial score (nSPS) is 14.2. The first-order valence-corrected chi connectivity index (χ1v) is 7.41. The maximum atomic E-state index is 5.38. The van der Waals surface area contributed by atoms with Crippen molar-refractivity contribution in [2.24, 2.45) is 0 Å². The molecule has 0 radical (unpaired) electrons. The lowest BCUT2D eigenvalue weighted by molar-refractivity contribution is 0.366. The molecular weight excluding hydrogens is 280 g/mol. The minimum atomic E-state index is 0.504. The maximum Gasteiger partial charge on any atom is 0.226 e. The Hall–Kier alpha value is -2.37. The average molecular weight is 300 g/mol. The van der Waals surface area contributed by atoms with Gasteiger partial charge >= 0.3 is 0 Å². The molecule has 2 aromatic heterocycles. The van der Waals surface area contributed by atoms with Crippen molar-refractivity contribution in [3.8, 4) is 23.0 Å². The van der Waals surface area contributed by atoms with Gasteiger partial charge in [0.15, 0.2) is 0 Å². The summed E-state index contributed by atoms with van der Waals surface area (Å²) >= 11 is 0. The smallest absolute Gasteiger partial charge is 0.226 e. The summed E-state index contributed by atoms with van der Waals surface area (Å²) < 4.78 is 10.5. The Labute approximate surface area is 130 Å². The van der Waals surface area contributed by atoms with Crippen molar-refractivity contribution in [3.05, 3.63) is 23.9 Å². The maximum absolute atomic E-state index is 5.38. The Bertz CT molecular complexity index is 669. The van der Waals surface area contributed by atoms with Crippen molar-refractivity contribution < 1.29 is 9.47 Å². The van der Waals surface area contributed by atoms with Crippen LogP contribution in [0.4, 0.5) is 5.95 Å². The van der Waals surface area contributed by atoms with Gasteiger partial charge in [-0.15, -0.1) is 0 Å². The van der Waals surface area contributed by atoms with Gasteiger partial charge in [0.05, 0.1) is 25.5 Å². The van der Waals surface area contributed by atoms with Gasteiger partial charge in [0.1, 0.15) is 0 Å². The van der Waals surface area contributed by atoms with E-state index in [1.54, 1.807) is 14.2 Å². The van der Waals surface area contributed by atoms with Crippen LogP contribution in [0.3, 0.4) is 0 Å². The third kappa shape index (κ3) is 2.81. The number of anilines is 1. The van der Waals surface area contributed by atoms with Crippen molar-refractivity contribution in [2.45, 2.75) is 19.8 Å². The summed E-state index contributed by atoms with van der Waals surface area (Å²) in [5.41, 5.74) is 2.60. The fraction of sp³-hybridized carbons (Fsp3) is 0.438. The molecule has 0 aromatic carbocycles. The van der Waals surface area contributed by atoms with E-state index < -0.39 is 0 Å². The lowest BCUT2D eigenvalue weighted by atomic mass is 10.1. The summed E-state index contributed by atoms with van der Waals surface area (Å²) in [4.78, 5) is 15.8. The second-order valence-electron chi connectivity index (χ2n) is 5.30. The van der Waals surface area contributed by atoms with Crippen LogP contribution >= 0.6 is 0 Å². The van der Waals surface area contributed by atoms with E-state index in [4.69, 9.17) is 14.5 Å². The molecule has 1 aliphatic heterocycles. The molecule has 6 nitrogen and oxygen atoms in total. The number of hydrogen-bond acceptors (Lipinski definition) is 6. The van der Waals surface area contributed by atoms with Crippen LogP contribution < -0.4 is 14.4 Å². The van der Waals surface area contributed by atoms with Gasteiger partial charge in [0, 0.05) is 24.8 Å². The second kappa shape index (κ2) is 6.17. The molecule has 116 valence electrons. The molecule has 6 heteroatoms. The van der Waals surface area contributed by atoms with Gasteiger partial charge in [-0.1, -0.05) is 0 Å². The number of hydrogen-bond donors (Lipinski definition) is 0. The Morgan fingerprint density at radius 2 is 1.77 bits per heavy atom. The van der Waals surface area contributed by atoms with Gasteiger partial charge in [-0.2, -0.15) is 4.98 Å². The quantitative estimate of drug-likeness (QED) is 0.864. The van der Waals surface area contributed by atoms with E-state index in [2.05, 4.69) is 14.9 Å². The molecule has 3 rings (SSSR count). The molecule has 0 amide bonds. The highest BCUT2D eigenvalue weighted by molar-refractivity contribution is 5.67. The Kier molecular flexibility index (Phi) is 4.09. The van der Waals surface area contributed by atoms with Crippen LogP contribution in [0.2, 0.25) is 0 Å². The topological polar surface area (TPSA) is 60.4 Å². The molecule has 3 heterocycles. The highest BCUT2D eigenvalue weighted by Crippen LogP contribution is 2.30. The van der Waals surface area contributed by atoms with E-state index in [1.807, 2.05) is 25.1 Å². The highest BCUT2D eigenvalue weighted by atomic mass is 16.5. The van der Waals surface area contributed by atoms with E-state index in [0.29, 0.717) is 11.8 Å². The van der Waals surface area contributed by atoms with Gasteiger partial charge in [0.2, 0.25) is 17.7 Å². The Morgan fingerprint density at radius 3 is 2.45 bits per heavy atom. The van der Waals surface area contributed by atoms with Crippen LogP contribution in [0.15, 0.2) is 18.2 Å². The van der Waals surface area contributed by atoms with Crippen molar-refractivity contribution in [1.29, 1.82) is 0 Å². The fourth-order valence-corrected chi connectivity index (χ4v) is 2.64. The number of nitrogens with zero attached hydrogens (tertiary/aromatic N) is 4. The largest absolute Gasteiger partial charge is 0.481 e. The monoisotopic (exact) mass is 300 g/mol. The van der Waals surface area contributed by atoms with Crippen LogP contribution in [0.25, 0.3) is 11.3 Å². The summed E-state index contributed by atoms with van der Waals surface area (Å²) in [6.45, 7) is 4.01. The zero-order valence-corrected chi connectivity index (χ0v) is 13.2. The zero-order chi connectivity index (χ0) is 15.5.